The van der Waals surface area contributed by atoms with Crippen molar-refractivity contribution >= 4 is 56.1 Å². The lowest BCUT2D eigenvalue weighted by Gasteiger charge is -2.24. The molecular formula is C21H23BrN2O6S2. The summed E-state index contributed by atoms with van der Waals surface area (Å²) < 4.78 is 20.7. The third-order valence-corrected chi connectivity index (χ3v) is 7.28. The van der Waals surface area contributed by atoms with Crippen LogP contribution in [0, 0.1) is 17.0 Å². The number of thiophene rings is 1. The molecule has 1 aromatic heterocycles. The summed E-state index contributed by atoms with van der Waals surface area (Å²) in [5.41, 5.74) is 1.49. The molecule has 1 unspecified atom stereocenters. The maximum absolute atomic E-state index is 13.4. The van der Waals surface area contributed by atoms with Crippen LogP contribution in [0.4, 0.5) is 11.4 Å². The summed E-state index contributed by atoms with van der Waals surface area (Å²) in [4.78, 5) is 20.8. The SMILES string of the molecule is C.COc1ccc(S(=O)N(Cc2cccc([N+](=O)[O-])c2Br)c2ccsc2C)cc1.O=CO. The van der Waals surface area contributed by atoms with Crippen LogP contribution in [0.5, 0.6) is 5.75 Å². The molecule has 0 amide bonds. The molecule has 11 heteroatoms. The van der Waals surface area contributed by atoms with Gasteiger partial charge in [-0.3, -0.25) is 19.2 Å². The van der Waals surface area contributed by atoms with Gasteiger partial charge in [0.2, 0.25) is 0 Å². The van der Waals surface area contributed by atoms with E-state index in [1.165, 1.54) is 6.07 Å². The highest BCUT2D eigenvalue weighted by Gasteiger charge is 2.23. The Morgan fingerprint density at radius 3 is 2.38 bits per heavy atom. The molecule has 0 bridgehead atoms. The van der Waals surface area contributed by atoms with Gasteiger partial charge in [-0.25, -0.2) is 4.21 Å². The summed E-state index contributed by atoms with van der Waals surface area (Å²) in [5, 5.41) is 20.1. The second-order valence-corrected chi connectivity index (χ2v) is 9.26. The summed E-state index contributed by atoms with van der Waals surface area (Å²) in [6.45, 7) is 1.96. The highest BCUT2D eigenvalue weighted by atomic mass is 79.9. The highest BCUT2D eigenvalue weighted by molar-refractivity contribution is 9.10. The summed E-state index contributed by atoms with van der Waals surface area (Å²) in [5.74, 6) is 0.681. The molecule has 172 valence electrons. The fourth-order valence-electron chi connectivity index (χ4n) is 2.67. The van der Waals surface area contributed by atoms with E-state index in [4.69, 9.17) is 14.6 Å². The van der Waals surface area contributed by atoms with E-state index in [0.717, 1.165) is 10.6 Å². The first kappa shape index (κ1) is 27.3. The number of nitro groups is 1. The zero-order chi connectivity index (χ0) is 23.0. The van der Waals surface area contributed by atoms with Gasteiger partial charge in [-0.05, 0) is 64.1 Å². The molecule has 1 heterocycles. The zero-order valence-corrected chi connectivity index (χ0v) is 19.8. The number of halogens is 1. The number of aryl methyl sites for hydroxylation is 1. The predicted molar refractivity (Wildman–Crippen MR) is 131 cm³/mol. The Labute approximate surface area is 201 Å². The fraction of sp³-hybridized carbons (Fsp3) is 0.190. The molecule has 0 spiro atoms. The predicted octanol–water partition coefficient (Wildman–Crippen LogP) is 5.80. The van der Waals surface area contributed by atoms with Crippen LogP contribution in [0.1, 0.15) is 17.9 Å². The minimum Gasteiger partial charge on any atom is -0.497 e. The van der Waals surface area contributed by atoms with Crippen LogP contribution in [-0.4, -0.2) is 27.8 Å². The molecule has 1 N–H and O–H groups in total. The molecule has 3 aromatic rings. The average Bonchev–Trinajstić information content (AvgIpc) is 3.18. The first-order chi connectivity index (χ1) is 14.8. The van der Waals surface area contributed by atoms with Crippen molar-refractivity contribution in [3.8, 4) is 5.75 Å². The largest absolute Gasteiger partial charge is 0.497 e. The first-order valence-electron chi connectivity index (χ1n) is 8.71. The lowest BCUT2D eigenvalue weighted by Crippen LogP contribution is -2.25. The van der Waals surface area contributed by atoms with E-state index in [0.29, 0.717) is 20.7 Å². The minimum atomic E-state index is -1.50. The normalized spacial score (nSPS) is 10.7. The number of carbonyl (C=O) groups is 1. The van der Waals surface area contributed by atoms with Gasteiger partial charge >= 0.3 is 0 Å². The Morgan fingerprint density at radius 2 is 1.88 bits per heavy atom. The third kappa shape index (κ3) is 6.62. The molecule has 3 rings (SSSR count). The van der Waals surface area contributed by atoms with Crippen LogP contribution in [0.2, 0.25) is 0 Å². The Morgan fingerprint density at radius 1 is 1.25 bits per heavy atom. The second-order valence-electron chi connectivity index (χ2n) is 5.94. The van der Waals surface area contributed by atoms with Crippen molar-refractivity contribution in [3.05, 3.63) is 78.9 Å². The molecule has 0 aliphatic carbocycles. The van der Waals surface area contributed by atoms with Gasteiger partial charge in [-0.2, -0.15) is 0 Å². The van der Waals surface area contributed by atoms with Gasteiger partial charge < -0.3 is 9.84 Å². The van der Waals surface area contributed by atoms with Crippen molar-refractivity contribution in [3.63, 3.8) is 0 Å². The van der Waals surface area contributed by atoms with Crippen LogP contribution in [0.15, 0.2) is 63.3 Å². The van der Waals surface area contributed by atoms with Crippen LogP contribution in [0.3, 0.4) is 0 Å². The smallest absolute Gasteiger partial charge is 0.290 e. The maximum Gasteiger partial charge on any atom is 0.290 e. The van der Waals surface area contributed by atoms with Gasteiger partial charge in [0.25, 0.3) is 12.2 Å². The van der Waals surface area contributed by atoms with E-state index in [2.05, 4.69) is 15.9 Å². The molecule has 0 fully saturated rings. The van der Waals surface area contributed by atoms with E-state index in [-0.39, 0.29) is 26.1 Å². The van der Waals surface area contributed by atoms with E-state index in [9.17, 15) is 14.3 Å². The Kier molecular flexibility index (Phi) is 11.0. The average molecular weight is 543 g/mol. The molecule has 32 heavy (non-hydrogen) atoms. The molecule has 0 aliphatic heterocycles. The lowest BCUT2D eigenvalue weighted by molar-refractivity contribution is -0.385. The number of hydrogen-bond acceptors (Lipinski definition) is 6. The van der Waals surface area contributed by atoms with Crippen molar-refractivity contribution in [1.82, 2.24) is 0 Å². The number of rotatable bonds is 7. The van der Waals surface area contributed by atoms with Gasteiger partial charge in [-0.15, -0.1) is 11.3 Å². The van der Waals surface area contributed by atoms with E-state index >= 15 is 0 Å². The standard InChI is InChI=1S/C19H17BrN2O4S2.CH2O2.CH4/c1-13-17(10-11-27-13)21(28(25)16-8-6-15(26-2)7-9-16)12-14-4-3-5-18(19(14)20)22(23)24;2-1-3;/h3-11H,12H2,1-2H3;1H,(H,2,3);1H4. The van der Waals surface area contributed by atoms with Crippen LogP contribution < -0.4 is 9.04 Å². The monoisotopic (exact) mass is 542 g/mol. The number of carboxylic acid groups (broad SMARTS) is 1. The van der Waals surface area contributed by atoms with Crippen LogP contribution >= 0.6 is 27.3 Å². The summed E-state index contributed by atoms with van der Waals surface area (Å²) in [6.07, 6.45) is 0. The third-order valence-electron chi connectivity index (χ3n) is 4.13. The van der Waals surface area contributed by atoms with Crippen LogP contribution in [-0.2, 0) is 22.3 Å². The zero-order valence-electron chi connectivity index (χ0n) is 16.6. The van der Waals surface area contributed by atoms with E-state index in [1.54, 1.807) is 59.2 Å². The minimum absolute atomic E-state index is 0. The number of hydrogen-bond donors (Lipinski definition) is 1. The molecule has 0 radical (unpaired) electrons. The summed E-state index contributed by atoms with van der Waals surface area (Å²) in [7, 11) is 0.0728. The Balaban J connectivity index is 0.00000121. The molecule has 0 aliphatic rings. The van der Waals surface area contributed by atoms with Crippen molar-refractivity contribution in [2.75, 3.05) is 11.4 Å². The second kappa shape index (κ2) is 12.9. The van der Waals surface area contributed by atoms with Crippen molar-refractivity contribution < 1.29 is 23.8 Å². The van der Waals surface area contributed by atoms with Gasteiger partial charge in [0.05, 0.1) is 29.2 Å². The molecule has 0 saturated heterocycles. The Bertz CT molecular complexity index is 1070. The van der Waals surface area contributed by atoms with Crippen molar-refractivity contribution in [2.45, 2.75) is 25.8 Å². The molecule has 8 nitrogen and oxygen atoms in total. The van der Waals surface area contributed by atoms with Gasteiger partial charge in [0, 0.05) is 10.9 Å². The first-order valence-corrected chi connectivity index (χ1v) is 11.5. The van der Waals surface area contributed by atoms with Gasteiger partial charge in [-0.1, -0.05) is 19.6 Å². The van der Waals surface area contributed by atoms with Gasteiger partial charge in [0.15, 0.2) is 11.0 Å². The molecular weight excluding hydrogens is 520 g/mol. The molecule has 2 aromatic carbocycles. The number of methoxy groups -OCH3 is 1. The number of nitrogens with zero attached hydrogens (tertiary/aromatic N) is 2. The van der Waals surface area contributed by atoms with Crippen molar-refractivity contribution in [2.24, 2.45) is 0 Å². The lowest BCUT2D eigenvalue weighted by atomic mass is 10.2. The quantitative estimate of drug-likeness (QED) is 0.229. The van der Waals surface area contributed by atoms with E-state index in [1.807, 2.05) is 18.4 Å². The topological polar surface area (TPSA) is 110 Å². The summed E-state index contributed by atoms with van der Waals surface area (Å²) in [6, 6.07) is 13.8. The number of anilines is 1. The molecule has 0 saturated carbocycles. The van der Waals surface area contributed by atoms with E-state index < -0.39 is 15.9 Å². The number of ether oxygens (including phenoxy) is 1. The van der Waals surface area contributed by atoms with Crippen molar-refractivity contribution in [1.29, 1.82) is 0 Å². The Hall–Kier alpha value is -2.76. The van der Waals surface area contributed by atoms with Gasteiger partial charge in [0.1, 0.15) is 10.2 Å². The fourth-order valence-corrected chi connectivity index (χ4v) is 5.22. The summed E-state index contributed by atoms with van der Waals surface area (Å²) >= 11 is 4.89. The van der Waals surface area contributed by atoms with Crippen LogP contribution in [0.25, 0.3) is 0 Å². The maximum atomic E-state index is 13.4. The molecule has 1 atom stereocenters. The number of nitro benzene ring substituents is 1. The number of benzene rings is 2. The highest BCUT2D eigenvalue weighted by Crippen LogP contribution is 2.34.